The average Bonchev–Trinajstić information content (AvgIpc) is 2.75. The van der Waals surface area contributed by atoms with E-state index in [0.29, 0.717) is 28.7 Å². The van der Waals surface area contributed by atoms with Crippen LogP contribution in [0.2, 0.25) is 0 Å². The Morgan fingerprint density at radius 3 is 1.71 bits per heavy atom. The van der Waals surface area contributed by atoms with Gasteiger partial charge in [-0.15, -0.1) is 0 Å². The van der Waals surface area contributed by atoms with Gasteiger partial charge in [-0.2, -0.15) is 0 Å². The van der Waals surface area contributed by atoms with E-state index in [0.717, 1.165) is 11.1 Å². The topological polar surface area (TPSA) is 72.5 Å². The van der Waals surface area contributed by atoms with Crippen molar-refractivity contribution >= 4 is 5.97 Å². The Kier molecular flexibility index (Phi) is 7.37. The summed E-state index contributed by atoms with van der Waals surface area (Å²) in [5, 5.41) is 0. The third kappa shape index (κ3) is 4.42. The first-order valence-electron chi connectivity index (χ1n) is 8.61. The maximum Gasteiger partial charge on any atom is 0.306 e. The van der Waals surface area contributed by atoms with Gasteiger partial charge in [-0.3, -0.25) is 4.79 Å². The molecule has 0 heterocycles. The zero-order valence-corrected chi connectivity index (χ0v) is 17.0. The quantitative estimate of drug-likeness (QED) is 0.608. The highest BCUT2D eigenvalue weighted by Gasteiger charge is 2.24. The molecule has 0 bridgehead atoms. The Labute approximate surface area is 165 Å². The number of esters is 1. The molecule has 7 heteroatoms. The summed E-state index contributed by atoms with van der Waals surface area (Å²) >= 11 is 0. The number of hydrogen-bond donors (Lipinski definition) is 0. The summed E-state index contributed by atoms with van der Waals surface area (Å²) in [5.74, 6) is 2.02. The van der Waals surface area contributed by atoms with Crippen LogP contribution >= 0.6 is 0 Å². The molecule has 7 nitrogen and oxygen atoms in total. The van der Waals surface area contributed by atoms with Crippen LogP contribution in [0, 0.1) is 0 Å². The molecule has 1 unspecified atom stereocenters. The number of ether oxygens (including phenoxy) is 6. The van der Waals surface area contributed by atoms with Crippen molar-refractivity contribution < 1.29 is 33.2 Å². The van der Waals surface area contributed by atoms with Crippen molar-refractivity contribution in [3.8, 4) is 28.7 Å². The molecule has 0 radical (unpaired) electrons. The Bertz CT molecular complexity index is 791. The number of carbonyl (C=O) groups excluding carboxylic acids is 1. The molecule has 0 saturated carbocycles. The maximum absolute atomic E-state index is 12.1. The smallest absolute Gasteiger partial charge is 0.306 e. The lowest BCUT2D eigenvalue weighted by molar-refractivity contribution is -0.140. The largest absolute Gasteiger partial charge is 0.493 e. The minimum absolute atomic E-state index is 0.130. The third-order valence-electron chi connectivity index (χ3n) is 4.50. The number of benzene rings is 2. The van der Waals surface area contributed by atoms with Crippen LogP contribution in [0.3, 0.4) is 0 Å². The zero-order chi connectivity index (χ0) is 20.7. The molecular formula is C21H26O7. The number of methoxy groups -OCH3 is 6. The predicted molar refractivity (Wildman–Crippen MR) is 104 cm³/mol. The summed E-state index contributed by atoms with van der Waals surface area (Å²) in [5.41, 5.74) is 1.67. The van der Waals surface area contributed by atoms with Gasteiger partial charge >= 0.3 is 5.97 Å². The van der Waals surface area contributed by atoms with Gasteiger partial charge in [-0.25, -0.2) is 0 Å². The fourth-order valence-corrected chi connectivity index (χ4v) is 3.05. The average molecular weight is 390 g/mol. The fraction of sp³-hybridized carbons (Fsp3) is 0.381. The van der Waals surface area contributed by atoms with E-state index < -0.39 is 0 Å². The SMILES string of the molecule is COC(=O)CC(c1ccc(OC)c(OC)c1)c1cc(OC)c(OC)c(OC)c1. The second kappa shape index (κ2) is 9.73. The first-order chi connectivity index (χ1) is 13.5. The Balaban J connectivity index is 2.63. The van der Waals surface area contributed by atoms with Crippen molar-refractivity contribution in [1.82, 2.24) is 0 Å². The summed E-state index contributed by atoms with van der Waals surface area (Å²) in [7, 11) is 9.14. The minimum Gasteiger partial charge on any atom is -0.493 e. The molecular weight excluding hydrogens is 364 g/mol. The van der Waals surface area contributed by atoms with Gasteiger partial charge in [0.05, 0.1) is 49.1 Å². The molecule has 0 saturated heterocycles. The van der Waals surface area contributed by atoms with E-state index in [-0.39, 0.29) is 18.3 Å². The van der Waals surface area contributed by atoms with E-state index in [1.807, 2.05) is 24.3 Å². The van der Waals surface area contributed by atoms with Gasteiger partial charge in [0.15, 0.2) is 23.0 Å². The predicted octanol–water partition coefficient (Wildman–Crippen LogP) is 3.42. The molecule has 2 rings (SSSR count). The van der Waals surface area contributed by atoms with Crippen LogP contribution < -0.4 is 23.7 Å². The normalized spacial score (nSPS) is 11.4. The Morgan fingerprint density at radius 1 is 0.714 bits per heavy atom. The molecule has 2 aromatic carbocycles. The van der Waals surface area contributed by atoms with Crippen LogP contribution in [0.25, 0.3) is 0 Å². The summed E-state index contributed by atoms with van der Waals surface area (Å²) in [6.45, 7) is 0. The third-order valence-corrected chi connectivity index (χ3v) is 4.50. The van der Waals surface area contributed by atoms with E-state index in [1.54, 1.807) is 41.6 Å². The van der Waals surface area contributed by atoms with Crippen molar-refractivity contribution in [1.29, 1.82) is 0 Å². The molecule has 2 aromatic rings. The molecule has 0 spiro atoms. The summed E-state index contributed by atoms with van der Waals surface area (Å²) in [6.07, 6.45) is 0.130. The van der Waals surface area contributed by atoms with Crippen molar-refractivity contribution in [2.45, 2.75) is 12.3 Å². The Morgan fingerprint density at radius 2 is 1.25 bits per heavy atom. The van der Waals surface area contributed by atoms with Crippen molar-refractivity contribution in [2.24, 2.45) is 0 Å². The number of hydrogen-bond acceptors (Lipinski definition) is 7. The molecule has 0 aromatic heterocycles. The maximum atomic E-state index is 12.1. The van der Waals surface area contributed by atoms with Gasteiger partial charge in [0.2, 0.25) is 5.75 Å². The van der Waals surface area contributed by atoms with Crippen molar-refractivity contribution in [3.63, 3.8) is 0 Å². The molecule has 1 atom stereocenters. The first-order valence-corrected chi connectivity index (χ1v) is 8.61. The minimum atomic E-state index is -0.339. The lowest BCUT2D eigenvalue weighted by Gasteiger charge is -2.21. The van der Waals surface area contributed by atoms with Gasteiger partial charge in [-0.05, 0) is 35.4 Å². The standard InChI is InChI=1S/C21H26O7/c1-23-16-8-7-13(9-17(16)24-2)15(12-20(22)27-5)14-10-18(25-3)21(28-6)19(11-14)26-4/h7-11,15H,12H2,1-6H3. The second-order valence-electron chi connectivity index (χ2n) is 5.91. The highest BCUT2D eigenvalue weighted by molar-refractivity contribution is 5.72. The molecule has 0 fully saturated rings. The van der Waals surface area contributed by atoms with Gasteiger partial charge < -0.3 is 28.4 Å². The van der Waals surface area contributed by atoms with Gasteiger partial charge in [0, 0.05) is 5.92 Å². The molecule has 28 heavy (non-hydrogen) atoms. The van der Waals surface area contributed by atoms with Crippen LogP contribution in [0.15, 0.2) is 30.3 Å². The summed E-state index contributed by atoms with van der Waals surface area (Å²) in [6, 6.07) is 9.18. The highest BCUT2D eigenvalue weighted by Crippen LogP contribution is 2.43. The van der Waals surface area contributed by atoms with Crippen molar-refractivity contribution in [3.05, 3.63) is 41.5 Å². The number of carbonyl (C=O) groups is 1. The van der Waals surface area contributed by atoms with Crippen molar-refractivity contribution in [2.75, 3.05) is 42.7 Å². The molecule has 0 aliphatic carbocycles. The fourth-order valence-electron chi connectivity index (χ4n) is 3.05. The monoisotopic (exact) mass is 390 g/mol. The lowest BCUT2D eigenvalue weighted by atomic mass is 9.87. The molecule has 0 aliphatic heterocycles. The van der Waals surface area contributed by atoms with Crippen LogP contribution in [-0.4, -0.2) is 48.6 Å². The molecule has 0 N–H and O–H groups in total. The van der Waals surface area contributed by atoms with E-state index in [9.17, 15) is 4.79 Å². The molecule has 0 amide bonds. The van der Waals surface area contributed by atoms with Gasteiger partial charge in [0.1, 0.15) is 0 Å². The highest BCUT2D eigenvalue weighted by atomic mass is 16.5. The second-order valence-corrected chi connectivity index (χ2v) is 5.91. The van der Waals surface area contributed by atoms with Gasteiger partial charge in [0.25, 0.3) is 0 Å². The van der Waals surface area contributed by atoms with Crippen LogP contribution in [0.4, 0.5) is 0 Å². The van der Waals surface area contributed by atoms with Crippen LogP contribution in [-0.2, 0) is 9.53 Å². The van der Waals surface area contributed by atoms with E-state index in [4.69, 9.17) is 28.4 Å². The van der Waals surface area contributed by atoms with Gasteiger partial charge in [-0.1, -0.05) is 6.07 Å². The van der Waals surface area contributed by atoms with Crippen LogP contribution in [0.1, 0.15) is 23.5 Å². The number of rotatable bonds is 9. The van der Waals surface area contributed by atoms with E-state index in [2.05, 4.69) is 0 Å². The van der Waals surface area contributed by atoms with Crippen LogP contribution in [0.5, 0.6) is 28.7 Å². The molecule has 0 aliphatic rings. The van der Waals surface area contributed by atoms with E-state index in [1.165, 1.54) is 7.11 Å². The molecule has 152 valence electrons. The first kappa shape index (κ1) is 21.2. The summed E-state index contributed by atoms with van der Waals surface area (Å²) in [4.78, 5) is 12.1. The Hall–Kier alpha value is -3.09. The lowest BCUT2D eigenvalue weighted by Crippen LogP contribution is -2.11. The summed E-state index contributed by atoms with van der Waals surface area (Å²) < 4.78 is 31.9. The van der Waals surface area contributed by atoms with E-state index >= 15 is 0 Å². The zero-order valence-electron chi connectivity index (χ0n) is 17.0.